The number of unbranched alkanes of at least 4 members (excludes halogenated alkanes) is 21. The molecular formula is C63H104O6. The first-order chi connectivity index (χ1) is 34.0. The highest BCUT2D eigenvalue weighted by Gasteiger charge is 2.19. The van der Waals surface area contributed by atoms with E-state index < -0.39 is 6.10 Å². The second-order valence-electron chi connectivity index (χ2n) is 18.5. The largest absolute Gasteiger partial charge is 0.462 e. The maximum absolute atomic E-state index is 12.9. The molecule has 0 radical (unpaired) electrons. The van der Waals surface area contributed by atoms with Crippen molar-refractivity contribution in [2.75, 3.05) is 13.2 Å². The molecule has 0 N–H and O–H groups in total. The Bertz CT molecular complexity index is 1420. The minimum absolute atomic E-state index is 0.121. The van der Waals surface area contributed by atoms with Crippen LogP contribution < -0.4 is 0 Å². The summed E-state index contributed by atoms with van der Waals surface area (Å²) in [5.74, 6) is -1.04. The number of ether oxygens (including phenoxy) is 3. The van der Waals surface area contributed by atoms with E-state index in [4.69, 9.17) is 14.2 Å². The average Bonchev–Trinajstić information content (AvgIpc) is 3.35. The van der Waals surface area contributed by atoms with Crippen molar-refractivity contribution in [1.29, 1.82) is 0 Å². The molecule has 0 bridgehead atoms. The van der Waals surface area contributed by atoms with E-state index in [1.807, 2.05) is 6.08 Å². The van der Waals surface area contributed by atoms with Gasteiger partial charge in [-0.05, 0) is 96.3 Å². The van der Waals surface area contributed by atoms with Gasteiger partial charge in [0.1, 0.15) is 13.2 Å². The van der Waals surface area contributed by atoms with Gasteiger partial charge in [-0.15, -0.1) is 0 Å². The third-order valence-corrected chi connectivity index (χ3v) is 11.8. The monoisotopic (exact) mass is 957 g/mol. The normalized spacial score (nSPS) is 12.9. The van der Waals surface area contributed by atoms with Crippen molar-refractivity contribution < 1.29 is 28.6 Å². The molecule has 0 aliphatic carbocycles. The van der Waals surface area contributed by atoms with Gasteiger partial charge in [0.05, 0.1) is 0 Å². The second-order valence-corrected chi connectivity index (χ2v) is 18.5. The Balaban J connectivity index is 4.55. The molecule has 0 aliphatic heterocycles. The summed E-state index contributed by atoms with van der Waals surface area (Å²) in [7, 11) is 0. The molecule has 0 rings (SSSR count). The highest BCUT2D eigenvalue weighted by molar-refractivity contribution is 5.71. The number of hydrogen-bond donors (Lipinski definition) is 0. The van der Waals surface area contributed by atoms with Crippen LogP contribution in [-0.4, -0.2) is 37.2 Å². The Morgan fingerprint density at radius 1 is 0.304 bits per heavy atom. The van der Waals surface area contributed by atoms with E-state index in [0.717, 1.165) is 89.9 Å². The Morgan fingerprint density at radius 3 is 1.00 bits per heavy atom. The molecule has 69 heavy (non-hydrogen) atoms. The zero-order valence-electron chi connectivity index (χ0n) is 44.8. The van der Waals surface area contributed by atoms with Gasteiger partial charge in [0.25, 0.3) is 0 Å². The minimum Gasteiger partial charge on any atom is -0.462 e. The lowest BCUT2D eigenvalue weighted by Crippen LogP contribution is -2.30. The predicted octanol–water partition coefficient (Wildman–Crippen LogP) is 19.1. The fourth-order valence-corrected chi connectivity index (χ4v) is 7.53. The van der Waals surface area contributed by atoms with E-state index in [2.05, 4.69) is 124 Å². The zero-order chi connectivity index (χ0) is 50.0. The summed E-state index contributed by atoms with van der Waals surface area (Å²) < 4.78 is 16.8. The molecule has 0 spiro atoms. The van der Waals surface area contributed by atoms with Crippen LogP contribution in [-0.2, 0) is 28.6 Å². The molecule has 0 aliphatic rings. The maximum atomic E-state index is 12.9. The molecule has 6 nitrogen and oxygen atoms in total. The van der Waals surface area contributed by atoms with Gasteiger partial charge in [-0.3, -0.25) is 14.4 Å². The van der Waals surface area contributed by atoms with Gasteiger partial charge in [-0.1, -0.05) is 246 Å². The van der Waals surface area contributed by atoms with Crippen LogP contribution in [0.25, 0.3) is 0 Å². The number of carbonyl (C=O) groups excluding carboxylic acids is 3. The molecular weight excluding hydrogens is 853 g/mol. The Morgan fingerprint density at radius 2 is 0.594 bits per heavy atom. The zero-order valence-corrected chi connectivity index (χ0v) is 44.8. The summed E-state index contributed by atoms with van der Waals surface area (Å²) in [5.41, 5.74) is 0. The van der Waals surface area contributed by atoms with Gasteiger partial charge >= 0.3 is 17.9 Å². The molecule has 0 saturated heterocycles. The van der Waals surface area contributed by atoms with Crippen molar-refractivity contribution in [3.63, 3.8) is 0 Å². The summed E-state index contributed by atoms with van der Waals surface area (Å²) in [5, 5.41) is 0. The Hall–Kier alpha value is -3.93. The van der Waals surface area contributed by atoms with E-state index in [-0.39, 0.29) is 37.5 Å². The number of carbonyl (C=O) groups is 3. The van der Waals surface area contributed by atoms with Crippen molar-refractivity contribution in [3.05, 3.63) is 109 Å². The highest BCUT2D eigenvalue weighted by atomic mass is 16.6. The molecule has 6 heteroatoms. The lowest BCUT2D eigenvalue weighted by atomic mass is 10.0. The summed E-state index contributed by atoms with van der Waals surface area (Å²) >= 11 is 0. The quantitative estimate of drug-likeness (QED) is 0.0262. The smallest absolute Gasteiger partial charge is 0.306 e. The van der Waals surface area contributed by atoms with Crippen LogP contribution >= 0.6 is 0 Å². The first-order valence-electron chi connectivity index (χ1n) is 28.4. The van der Waals surface area contributed by atoms with E-state index >= 15 is 0 Å². The Labute approximate surface area is 425 Å². The fourth-order valence-electron chi connectivity index (χ4n) is 7.53. The standard InChI is InChI=1S/C63H104O6/c1-4-7-10-13-16-19-22-25-28-30-31-33-35-38-41-44-47-50-53-56-62(65)68-59-60(58-67-61(64)55-52-49-46-43-40-37-34-27-24-21-18-15-12-9-6-3)69-63(66)57-54-51-48-45-42-39-36-32-29-26-23-20-17-14-11-8-5-2/h7,10,16,18-19,21,25,27-28,31,33-34,38,40-41,43,47,50,60H,4-6,8-9,11-15,17,20,22-24,26,29-30,32,35-37,39,42,44-46,48-49,51-59H2,1-3H3/b10-7-,19-16-,21-18-,28-25-,33-31-,34-27-,41-38-,43-40-,50-47-/t60-/m1/s1. The fraction of sp³-hybridized carbons (Fsp3) is 0.667. The van der Waals surface area contributed by atoms with Crippen molar-refractivity contribution in [2.45, 2.75) is 258 Å². The number of hydrogen-bond acceptors (Lipinski definition) is 6. The predicted molar refractivity (Wildman–Crippen MR) is 297 cm³/mol. The third-order valence-electron chi connectivity index (χ3n) is 11.8. The SMILES string of the molecule is CC/C=C\C/C=C\C/C=C\C/C=C\C/C=C\C/C=C\CCC(=O)OC[C@@H](COC(=O)CCCC/C=C\C/C=C\C/C=C\CCCCC)OC(=O)CCCCCCCCCCCCCCCCCCC. The maximum Gasteiger partial charge on any atom is 0.306 e. The van der Waals surface area contributed by atoms with Gasteiger partial charge in [0.15, 0.2) is 6.10 Å². The van der Waals surface area contributed by atoms with E-state index in [9.17, 15) is 14.4 Å². The topological polar surface area (TPSA) is 78.9 Å². The lowest BCUT2D eigenvalue weighted by molar-refractivity contribution is -0.166. The van der Waals surface area contributed by atoms with Gasteiger partial charge < -0.3 is 14.2 Å². The number of rotatable bonds is 50. The second kappa shape index (κ2) is 56.7. The molecule has 0 aromatic carbocycles. The molecule has 0 aromatic heterocycles. The number of allylic oxidation sites excluding steroid dienone is 18. The van der Waals surface area contributed by atoms with Gasteiger partial charge in [-0.25, -0.2) is 0 Å². The average molecular weight is 958 g/mol. The van der Waals surface area contributed by atoms with Crippen molar-refractivity contribution in [3.8, 4) is 0 Å². The van der Waals surface area contributed by atoms with Crippen LogP contribution in [0.5, 0.6) is 0 Å². The first-order valence-corrected chi connectivity index (χ1v) is 28.4. The van der Waals surface area contributed by atoms with Gasteiger partial charge in [0, 0.05) is 19.3 Å². The van der Waals surface area contributed by atoms with Crippen LogP contribution in [0, 0.1) is 0 Å². The Kier molecular flexibility index (Phi) is 53.4. The van der Waals surface area contributed by atoms with Gasteiger partial charge in [0.2, 0.25) is 0 Å². The molecule has 0 aromatic rings. The summed E-state index contributed by atoms with van der Waals surface area (Å²) in [6.45, 7) is 6.41. The lowest BCUT2D eigenvalue weighted by Gasteiger charge is -2.18. The van der Waals surface area contributed by atoms with Crippen LogP contribution in [0.4, 0.5) is 0 Å². The van der Waals surface area contributed by atoms with Crippen LogP contribution in [0.2, 0.25) is 0 Å². The molecule has 392 valence electrons. The molecule has 0 fully saturated rings. The summed E-state index contributed by atoms with van der Waals surface area (Å²) in [6, 6.07) is 0. The van der Waals surface area contributed by atoms with Crippen molar-refractivity contribution in [2.24, 2.45) is 0 Å². The van der Waals surface area contributed by atoms with Crippen molar-refractivity contribution >= 4 is 17.9 Å². The summed E-state index contributed by atoms with van der Waals surface area (Å²) in [6.07, 6.45) is 76.6. The molecule has 0 unspecified atom stereocenters. The van der Waals surface area contributed by atoms with E-state index in [0.29, 0.717) is 19.3 Å². The van der Waals surface area contributed by atoms with Crippen molar-refractivity contribution in [1.82, 2.24) is 0 Å². The van der Waals surface area contributed by atoms with Gasteiger partial charge in [-0.2, -0.15) is 0 Å². The molecule has 0 amide bonds. The van der Waals surface area contributed by atoms with E-state index in [1.165, 1.54) is 116 Å². The molecule has 0 saturated carbocycles. The van der Waals surface area contributed by atoms with Crippen LogP contribution in [0.1, 0.15) is 252 Å². The minimum atomic E-state index is -0.824. The molecule has 1 atom stereocenters. The first kappa shape index (κ1) is 65.1. The summed E-state index contributed by atoms with van der Waals surface area (Å²) in [4.78, 5) is 38.1. The van der Waals surface area contributed by atoms with Crippen LogP contribution in [0.15, 0.2) is 109 Å². The van der Waals surface area contributed by atoms with Crippen LogP contribution in [0.3, 0.4) is 0 Å². The third kappa shape index (κ3) is 54.9. The highest BCUT2D eigenvalue weighted by Crippen LogP contribution is 2.15. The van der Waals surface area contributed by atoms with E-state index in [1.54, 1.807) is 0 Å². The number of esters is 3. The molecule has 0 heterocycles.